The molecule has 0 amide bonds. The van der Waals surface area contributed by atoms with Gasteiger partial charge in [-0.2, -0.15) is 0 Å². The van der Waals surface area contributed by atoms with E-state index >= 15 is 0 Å². The Morgan fingerprint density at radius 3 is 2.55 bits per heavy atom. The summed E-state index contributed by atoms with van der Waals surface area (Å²) in [5.41, 5.74) is 1.10. The molecule has 2 aromatic carbocycles. The van der Waals surface area contributed by atoms with Crippen LogP contribution in [-0.4, -0.2) is 5.97 Å². The smallest absolute Gasteiger partial charge is 0.308 e. The van der Waals surface area contributed by atoms with Crippen molar-refractivity contribution in [1.82, 2.24) is 0 Å². The molecule has 0 atom stereocenters. The van der Waals surface area contributed by atoms with Gasteiger partial charge in [0.25, 0.3) is 0 Å². The van der Waals surface area contributed by atoms with Gasteiger partial charge in [0.15, 0.2) is 11.0 Å². The molecule has 1 aromatic heterocycles. The van der Waals surface area contributed by atoms with Crippen LogP contribution in [0.1, 0.15) is 6.92 Å². The molecular formula is C17H11IO4. The lowest BCUT2D eigenvalue weighted by molar-refractivity contribution is -0.131. The molecule has 4 nitrogen and oxygen atoms in total. The first-order chi connectivity index (χ1) is 10.6. The maximum atomic E-state index is 12.3. The van der Waals surface area contributed by atoms with Crippen molar-refractivity contribution in [2.45, 2.75) is 6.92 Å². The van der Waals surface area contributed by atoms with Crippen LogP contribution in [0, 0.1) is 3.57 Å². The largest absolute Gasteiger partial charge is 0.455 e. The molecule has 0 aliphatic carbocycles. The second kappa shape index (κ2) is 5.92. The monoisotopic (exact) mass is 406 g/mol. The molecule has 0 radical (unpaired) electrons. The first-order valence-electron chi connectivity index (χ1n) is 6.56. The van der Waals surface area contributed by atoms with Gasteiger partial charge in [0.1, 0.15) is 11.5 Å². The molecule has 3 rings (SSSR count). The van der Waals surface area contributed by atoms with E-state index in [1.54, 1.807) is 12.1 Å². The Labute approximate surface area is 139 Å². The molecule has 3 aromatic rings. The Morgan fingerprint density at radius 1 is 1.14 bits per heavy atom. The third-order valence-electron chi connectivity index (χ3n) is 3.11. The van der Waals surface area contributed by atoms with Gasteiger partial charge in [-0.05, 0) is 34.7 Å². The molecule has 0 aliphatic rings. The summed E-state index contributed by atoms with van der Waals surface area (Å²) in [6.07, 6.45) is 0. The fraction of sp³-hybridized carbons (Fsp3) is 0.0588. The summed E-state index contributed by atoms with van der Waals surface area (Å²) in [5.74, 6) is 0.448. The topological polar surface area (TPSA) is 56.5 Å². The van der Waals surface area contributed by atoms with Crippen molar-refractivity contribution in [3.8, 4) is 17.1 Å². The van der Waals surface area contributed by atoms with Gasteiger partial charge in [-0.3, -0.25) is 9.59 Å². The molecule has 0 fully saturated rings. The maximum absolute atomic E-state index is 12.3. The van der Waals surface area contributed by atoms with Gasteiger partial charge >= 0.3 is 5.97 Å². The van der Waals surface area contributed by atoms with Crippen LogP contribution in [0.3, 0.4) is 0 Å². The van der Waals surface area contributed by atoms with Gasteiger partial charge in [-0.25, -0.2) is 0 Å². The van der Waals surface area contributed by atoms with E-state index in [0.29, 0.717) is 26.0 Å². The number of halogens is 1. The van der Waals surface area contributed by atoms with Crippen LogP contribution >= 0.6 is 22.6 Å². The molecule has 0 N–H and O–H groups in total. The second-order valence-electron chi connectivity index (χ2n) is 4.69. The molecule has 0 spiro atoms. The van der Waals surface area contributed by atoms with E-state index in [0.717, 1.165) is 5.56 Å². The van der Waals surface area contributed by atoms with Gasteiger partial charge in [0, 0.05) is 18.6 Å². The summed E-state index contributed by atoms with van der Waals surface area (Å²) < 4.78 is 11.6. The lowest BCUT2D eigenvalue weighted by atomic mass is 10.1. The highest BCUT2D eigenvalue weighted by molar-refractivity contribution is 14.1. The normalized spacial score (nSPS) is 10.6. The Bertz CT molecular complexity index is 913. The van der Waals surface area contributed by atoms with Gasteiger partial charge in [0.2, 0.25) is 0 Å². The standard InChI is InChI=1S/C17H11IO4/c1-10(19)21-14-8-7-12-13(20)9-15(22-17(12)16(14)18)11-5-3-2-4-6-11/h2-9H,1H3. The van der Waals surface area contributed by atoms with E-state index in [-0.39, 0.29) is 5.43 Å². The van der Waals surface area contributed by atoms with Crippen LogP contribution in [0.5, 0.6) is 5.75 Å². The second-order valence-corrected chi connectivity index (χ2v) is 5.77. The van der Waals surface area contributed by atoms with Crippen molar-refractivity contribution < 1.29 is 13.9 Å². The number of hydrogen-bond acceptors (Lipinski definition) is 4. The van der Waals surface area contributed by atoms with Crippen molar-refractivity contribution in [2.24, 2.45) is 0 Å². The zero-order valence-corrected chi connectivity index (χ0v) is 13.8. The fourth-order valence-electron chi connectivity index (χ4n) is 2.15. The number of benzene rings is 2. The van der Waals surface area contributed by atoms with Crippen molar-refractivity contribution >= 4 is 39.5 Å². The van der Waals surface area contributed by atoms with E-state index in [4.69, 9.17) is 9.15 Å². The van der Waals surface area contributed by atoms with Crippen molar-refractivity contribution in [1.29, 1.82) is 0 Å². The first-order valence-corrected chi connectivity index (χ1v) is 7.64. The highest BCUT2D eigenvalue weighted by Crippen LogP contribution is 2.31. The van der Waals surface area contributed by atoms with E-state index in [1.165, 1.54) is 13.0 Å². The summed E-state index contributed by atoms with van der Waals surface area (Å²) >= 11 is 2.01. The minimum atomic E-state index is -0.418. The molecule has 0 unspecified atom stereocenters. The zero-order chi connectivity index (χ0) is 15.7. The molecule has 0 bridgehead atoms. The fourth-order valence-corrected chi connectivity index (χ4v) is 2.84. The SMILES string of the molecule is CC(=O)Oc1ccc2c(=O)cc(-c3ccccc3)oc2c1I. The lowest BCUT2D eigenvalue weighted by Gasteiger charge is -2.08. The number of rotatable bonds is 2. The average molecular weight is 406 g/mol. The third kappa shape index (κ3) is 2.76. The van der Waals surface area contributed by atoms with Gasteiger partial charge < -0.3 is 9.15 Å². The highest BCUT2D eigenvalue weighted by Gasteiger charge is 2.14. The molecule has 0 saturated heterocycles. The number of esters is 1. The van der Waals surface area contributed by atoms with Crippen molar-refractivity contribution in [2.75, 3.05) is 0 Å². The molecule has 1 heterocycles. The zero-order valence-electron chi connectivity index (χ0n) is 11.6. The molecular weight excluding hydrogens is 395 g/mol. The number of ether oxygens (including phenoxy) is 1. The van der Waals surface area contributed by atoms with Crippen LogP contribution in [0.25, 0.3) is 22.3 Å². The quantitative estimate of drug-likeness (QED) is 0.367. The molecule has 0 saturated carbocycles. The van der Waals surface area contributed by atoms with E-state index in [1.807, 2.05) is 52.9 Å². The van der Waals surface area contributed by atoms with Crippen LogP contribution in [0.4, 0.5) is 0 Å². The molecule has 110 valence electrons. The minimum absolute atomic E-state index is 0.132. The summed E-state index contributed by atoms with van der Waals surface area (Å²) in [7, 11) is 0. The lowest BCUT2D eigenvalue weighted by Crippen LogP contribution is -2.05. The van der Waals surface area contributed by atoms with Crippen LogP contribution in [0.2, 0.25) is 0 Å². The summed E-state index contributed by atoms with van der Waals surface area (Å²) in [5, 5.41) is 0.458. The number of carbonyl (C=O) groups excluding carboxylic acids is 1. The Hall–Kier alpha value is -2.15. The number of carbonyl (C=O) groups is 1. The summed E-state index contributed by atoms with van der Waals surface area (Å²) in [6.45, 7) is 1.33. The number of hydrogen-bond donors (Lipinski definition) is 0. The minimum Gasteiger partial charge on any atom is -0.455 e. The molecule has 22 heavy (non-hydrogen) atoms. The third-order valence-corrected chi connectivity index (χ3v) is 4.13. The maximum Gasteiger partial charge on any atom is 0.308 e. The van der Waals surface area contributed by atoms with E-state index in [2.05, 4.69) is 0 Å². The predicted molar refractivity (Wildman–Crippen MR) is 91.9 cm³/mol. The van der Waals surface area contributed by atoms with Gasteiger partial charge in [-0.15, -0.1) is 0 Å². The average Bonchev–Trinajstić information content (AvgIpc) is 2.51. The predicted octanol–water partition coefficient (Wildman–Crippen LogP) is 3.99. The van der Waals surface area contributed by atoms with Gasteiger partial charge in [0.05, 0.1) is 8.96 Å². The van der Waals surface area contributed by atoms with Crippen molar-refractivity contribution in [3.63, 3.8) is 0 Å². The Morgan fingerprint density at radius 2 is 1.86 bits per heavy atom. The van der Waals surface area contributed by atoms with E-state index in [9.17, 15) is 9.59 Å². The Balaban J connectivity index is 2.25. The molecule has 0 aliphatic heterocycles. The first kappa shape index (κ1) is 14.8. The van der Waals surface area contributed by atoms with Crippen molar-refractivity contribution in [3.05, 3.63) is 62.3 Å². The Kier molecular flexibility index (Phi) is 3.98. The summed E-state index contributed by atoms with van der Waals surface area (Å²) in [6, 6.07) is 14.1. The summed E-state index contributed by atoms with van der Waals surface area (Å²) in [4.78, 5) is 23.4. The van der Waals surface area contributed by atoms with Crippen LogP contribution < -0.4 is 10.2 Å². The number of fused-ring (bicyclic) bond motifs is 1. The van der Waals surface area contributed by atoms with Gasteiger partial charge in [-0.1, -0.05) is 30.3 Å². The van der Waals surface area contributed by atoms with Crippen LogP contribution in [0.15, 0.2) is 57.7 Å². The highest BCUT2D eigenvalue weighted by atomic mass is 127. The molecule has 5 heteroatoms. The van der Waals surface area contributed by atoms with E-state index < -0.39 is 5.97 Å². The van der Waals surface area contributed by atoms with Crippen LogP contribution in [-0.2, 0) is 4.79 Å².